The molecule has 1 aromatic rings. The molecule has 2 amide bonds. The molecular weight excluding hydrogens is 429 g/mol. The summed E-state index contributed by atoms with van der Waals surface area (Å²) in [5.41, 5.74) is -1.28. The predicted octanol–water partition coefficient (Wildman–Crippen LogP) is 2.51. The number of amides is 2. The van der Waals surface area contributed by atoms with E-state index in [1.54, 1.807) is 12.1 Å². The molecule has 2 saturated carbocycles. The first-order valence-corrected chi connectivity index (χ1v) is 9.50. The zero-order chi connectivity index (χ0) is 19.6. The molecule has 1 spiro atoms. The van der Waals surface area contributed by atoms with Crippen molar-refractivity contribution in [3.05, 3.63) is 33.8 Å². The maximum absolute atomic E-state index is 12.7. The Kier molecular flexibility index (Phi) is 4.12. The highest BCUT2D eigenvalue weighted by Crippen LogP contribution is 2.52. The molecule has 0 aromatic heterocycles. The summed E-state index contributed by atoms with van der Waals surface area (Å²) in [5.74, 6) is -0.750. The van der Waals surface area contributed by atoms with Crippen LogP contribution >= 0.6 is 15.9 Å². The maximum Gasteiger partial charge on any atom is 0.417 e. The Labute approximate surface area is 162 Å². The van der Waals surface area contributed by atoms with Crippen LogP contribution in [-0.4, -0.2) is 52.7 Å². The molecule has 2 aliphatic carbocycles. The van der Waals surface area contributed by atoms with Crippen molar-refractivity contribution >= 4 is 27.7 Å². The van der Waals surface area contributed by atoms with Gasteiger partial charge in [0.15, 0.2) is 5.60 Å². The van der Waals surface area contributed by atoms with E-state index in [1.165, 1.54) is 4.90 Å². The van der Waals surface area contributed by atoms with Crippen LogP contribution in [0.3, 0.4) is 0 Å². The molecule has 9 heteroatoms. The number of hydrogen-bond acceptors (Lipinski definition) is 3. The fourth-order valence-electron chi connectivity index (χ4n) is 4.08. The van der Waals surface area contributed by atoms with Crippen LogP contribution < -0.4 is 5.32 Å². The lowest BCUT2D eigenvalue weighted by molar-refractivity contribution is -0.291. The molecule has 0 bridgehead atoms. The smallest absolute Gasteiger partial charge is 0.380 e. The van der Waals surface area contributed by atoms with Crippen LogP contribution in [-0.2, 0) is 10.2 Å². The number of carbonyl (C=O) groups excluding carboxylic acids is 2. The Balaban J connectivity index is 1.40. The van der Waals surface area contributed by atoms with Crippen molar-refractivity contribution in [1.29, 1.82) is 0 Å². The zero-order valence-corrected chi connectivity index (χ0v) is 15.9. The van der Waals surface area contributed by atoms with E-state index in [0.717, 1.165) is 22.9 Å². The third-order valence-electron chi connectivity index (χ3n) is 5.81. The van der Waals surface area contributed by atoms with Gasteiger partial charge in [0.2, 0.25) is 5.91 Å². The summed E-state index contributed by atoms with van der Waals surface area (Å²) in [6.45, 7) is 0.233. The van der Waals surface area contributed by atoms with E-state index in [1.807, 2.05) is 6.07 Å². The van der Waals surface area contributed by atoms with Crippen molar-refractivity contribution in [2.45, 2.75) is 48.9 Å². The molecule has 27 heavy (non-hydrogen) atoms. The van der Waals surface area contributed by atoms with Crippen LogP contribution in [0.15, 0.2) is 22.7 Å². The van der Waals surface area contributed by atoms with Gasteiger partial charge in [-0.05, 0) is 36.6 Å². The molecule has 146 valence electrons. The van der Waals surface area contributed by atoms with Crippen molar-refractivity contribution in [3.8, 4) is 0 Å². The highest BCUT2D eigenvalue weighted by molar-refractivity contribution is 9.10. The molecule has 2 N–H and O–H groups in total. The van der Waals surface area contributed by atoms with Gasteiger partial charge in [-0.1, -0.05) is 15.9 Å². The van der Waals surface area contributed by atoms with Crippen LogP contribution in [0.4, 0.5) is 13.2 Å². The third kappa shape index (κ3) is 3.14. The summed E-state index contributed by atoms with van der Waals surface area (Å²) in [6, 6.07) is 4.73. The Bertz CT molecular complexity index is 817. The van der Waals surface area contributed by atoms with Crippen molar-refractivity contribution in [3.63, 3.8) is 0 Å². The fourth-order valence-corrected chi connectivity index (χ4v) is 4.44. The van der Waals surface area contributed by atoms with E-state index in [0.29, 0.717) is 12.1 Å². The quantitative estimate of drug-likeness (QED) is 0.749. The largest absolute Gasteiger partial charge is 0.417 e. The normalized spacial score (nSPS) is 28.6. The van der Waals surface area contributed by atoms with E-state index in [2.05, 4.69) is 21.2 Å². The Morgan fingerprint density at radius 2 is 2.00 bits per heavy atom. The lowest BCUT2D eigenvalue weighted by atomic mass is 9.75. The van der Waals surface area contributed by atoms with Crippen molar-refractivity contribution in [1.82, 2.24) is 10.2 Å². The van der Waals surface area contributed by atoms with Gasteiger partial charge in [-0.2, -0.15) is 13.2 Å². The topological polar surface area (TPSA) is 69.6 Å². The number of nitrogens with zero attached hydrogens (tertiary/aromatic N) is 1. The average molecular weight is 447 g/mol. The van der Waals surface area contributed by atoms with Crippen LogP contribution in [0.5, 0.6) is 0 Å². The molecule has 1 heterocycles. The minimum atomic E-state index is -4.70. The third-order valence-corrected chi connectivity index (χ3v) is 6.31. The number of halogens is 4. The van der Waals surface area contributed by atoms with Crippen molar-refractivity contribution < 1.29 is 27.9 Å². The molecular formula is C18H18BrF3N2O3. The SMILES string of the molecule is O=C(CN1CC2(CC2)c2cc(Br)ccc2C1=O)NC1CC(O)(C(F)(F)F)C1. The molecule has 1 aliphatic heterocycles. The monoisotopic (exact) mass is 446 g/mol. The molecule has 0 atom stereocenters. The number of fused-ring (bicyclic) bond motifs is 2. The molecule has 0 unspecified atom stereocenters. The van der Waals surface area contributed by atoms with Crippen LogP contribution in [0.2, 0.25) is 0 Å². The number of nitrogens with one attached hydrogen (secondary N) is 1. The second kappa shape index (κ2) is 5.94. The molecule has 4 rings (SSSR count). The average Bonchev–Trinajstić information content (AvgIpc) is 3.30. The highest BCUT2D eigenvalue weighted by atomic mass is 79.9. The Morgan fingerprint density at radius 3 is 2.59 bits per heavy atom. The maximum atomic E-state index is 12.7. The zero-order valence-electron chi connectivity index (χ0n) is 14.3. The number of benzene rings is 1. The standard InChI is InChI=1S/C18H18BrF3N2O3/c19-10-1-2-12-13(5-10)16(3-4-16)9-24(15(12)26)8-14(25)23-11-6-17(27,7-11)18(20,21)22/h1-2,5,11,27H,3-4,6-9H2,(H,23,25). The van der Waals surface area contributed by atoms with E-state index < -0.39 is 36.6 Å². The van der Waals surface area contributed by atoms with Gasteiger partial charge in [-0.3, -0.25) is 9.59 Å². The van der Waals surface area contributed by atoms with Crippen LogP contribution in [0.25, 0.3) is 0 Å². The minimum absolute atomic E-state index is 0.125. The van der Waals surface area contributed by atoms with Gasteiger partial charge >= 0.3 is 6.18 Å². The van der Waals surface area contributed by atoms with Crippen LogP contribution in [0, 0.1) is 0 Å². The Hall–Kier alpha value is -1.61. The molecule has 1 aromatic carbocycles. The number of alkyl halides is 3. The van der Waals surface area contributed by atoms with Crippen molar-refractivity contribution in [2.75, 3.05) is 13.1 Å². The number of aliphatic hydroxyl groups is 1. The van der Waals surface area contributed by atoms with Gasteiger partial charge in [0.25, 0.3) is 5.91 Å². The van der Waals surface area contributed by atoms with E-state index in [-0.39, 0.29) is 17.9 Å². The summed E-state index contributed by atoms with van der Waals surface area (Å²) < 4.78 is 38.9. The lowest BCUT2D eigenvalue weighted by Gasteiger charge is -2.44. The predicted molar refractivity (Wildman–Crippen MR) is 93.1 cm³/mol. The molecule has 5 nitrogen and oxygen atoms in total. The molecule has 0 saturated heterocycles. The first kappa shape index (κ1) is 18.7. The molecule has 2 fully saturated rings. The van der Waals surface area contributed by atoms with Gasteiger partial charge in [0.05, 0.1) is 6.54 Å². The Morgan fingerprint density at radius 1 is 1.33 bits per heavy atom. The summed E-state index contributed by atoms with van der Waals surface area (Å²) in [7, 11) is 0. The first-order valence-electron chi connectivity index (χ1n) is 8.71. The molecule has 0 radical (unpaired) electrons. The van der Waals surface area contributed by atoms with E-state index >= 15 is 0 Å². The first-order chi connectivity index (χ1) is 12.5. The van der Waals surface area contributed by atoms with E-state index in [9.17, 15) is 27.9 Å². The van der Waals surface area contributed by atoms with Gasteiger partial charge < -0.3 is 15.3 Å². The molecule has 3 aliphatic rings. The summed E-state index contributed by atoms with van der Waals surface area (Å²) >= 11 is 3.42. The van der Waals surface area contributed by atoms with Crippen molar-refractivity contribution in [2.24, 2.45) is 0 Å². The number of rotatable bonds is 3. The highest BCUT2D eigenvalue weighted by Gasteiger charge is 2.61. The van der Waals surface area contributed by atoms with Crippen LogP contribution in [0.1, 0.15) is 41.6 Å². The fraction of sp³-hybridized carbons (Fsp3) is 0.556. The number of carbonyl (C=O) groups is 2. The summed E-state index contributed by atoms with van der Waals surface area (Å²) in [5, 5.41) is 11.9. The number of hydrogen-bond donors (Lipinski definition) is 2. The lowest BCUT2D eigenvalue weighted by Crippen LogP contribution is -2.63. The van der Waals surface area contributed by atoms with Gasteiger partial charge in [-0.15, -0.1) is 0 Å². The van der Waals surface area contributed by atoms with E-state index in [4.69, 9.17) is 0 Å². The van der Waals surface area contributed by atoms with Gasteiger partial charge in [0, 0.05) is 40.9 Å². The van der Waals surface area contributed by atoms with Gasteiger partial charge in [-0.25, -0.2) is 0 Å². The van der Waals surface area contributed by atoms with Gasteiger partial charge in [0.1, 0.15) is 0 Å². The summed E-state index contributed by atoms with van der Waals surface area (Å²) in [4.78, 5) is 26.4. The minimum Gasteiger partial charge on any atom is -0.380 e. The summed E-state index contributed by atoms with van der Waals surface area (Å²) in [6.07, 6.45) is -3.95. The second-order valence-corrected chi connectivity index (χ2v) is 8.75. The second-order valence-electron chi connectivity index (χ2n) is 7.83.